The highest BCUT2D eigenvalue weighted by Gasteiger charge is 2.10. The quantitative estimate of drug-likeness (QED) is 0.646. The highest BCUT2D eigenvalue weighted by Crippen LogP contribution is 1.95. The molecular formula is C11H20N4O2. The minimum Gasteiger partial charge on any atom is -0.358 e. The van der Waals surface area contributed by atoms with E-state index in [0.717, 1.165) is 0 Å². The molecular weight excluding hydrogens is 220 g/mol. The van der Waals surface area contributed by atoms with E-state index in [1.54, 1.807) is 26.0 Å². The van der Waals surface area contributed by atoms with Crippen molar-refractivity contribution in [3.05, 3.63) is 0 Å². The van der Waals surface area contributed by atoms with Crippen molar-refractivity contribution in [1.29, 1.82) is 5.26 Å². The number of amides is 2. The molecule has 0 radical (unpaired) electrons. The fourth-order valence-electron chi connectivity index (χ4n) is 1.22. The van der Waals surface area contributed by atoms with Crippen molar-refractivity contribution in [3.8, 4) is 6.07 Å². The lowest BCUT2D eigenvalue weighted by molar-refractivity contribution is -0.130. The molecule has 0 saturated heterocycles. The molecule has 0 fully saturated rings. The Bertz CT molecular complexity index is 298. The van der Waals surface area contributed by atoms with Gasteiger partial charge in [-0.2, -0.15) is 5.26 Å². The molecule has 0 aliphatic carbocycles. The monoisotopic (exact) mass is 240 g/mol. The number of nitriles is 1. The van der Waals surface area contributed by atoms with Crippen molar-refractivity contribution in [3.63, 3.8) is 0 Å². The molecule has 6 nitrogen and oxygen atoms in total. The van der Waals surface area contributed by atoms with E-state index in [2.05, 4.69) is 5.32 Å². The highest BCUT2D eigenvalue weighted by atomic mass is 16.2. The maximum absolute atomic E-state index is 11.6. The third-order valence-electron chi connectivity index (χ3n) is 2.38. The van der Waals surface area contributed by atoms with E-state index in [4.69, 9.17) is 5.26 Å². The van der Waals surface area contributed by atoms with E-state index >= 15 is 0 Å². The van der Waals surface area contributed by atoms with Gasteiger partial charge >= 0.3 is 0 Å². The Balaban J connectivity index is 3.83. The summed E-state index contributed by atoms with van der Waals surface area (Å²) in [6, 6.07) is 1.99. The zero-order chi connectivity index (χ0) is 13.3. The number of hydrogen-bond acceptors (Lipinski definition) is 4. The van der Waals surface area contributed by atoms with Crippen LogP contribution in [0.25, 0.3) is 0 Å². The second-order valence-electron chi connectivity index (χ2n) is 3.88. The third kappa shape index (κ3) is 7.30. The van der Waals surface area contributed by atoms with E-state index in [1.165, 1.54) is 4.90 Å². The Morgan fingerprint density at radius 2 is 1.94 bits per heavy atom. The molecule has 0 aliphatic heterocycles. The summed E-state index contributed by atoms with van der Waals surface area (Å²) in [7, 11) is 5.05. The van der Waals surface area contributed by atoms with Crippen molar-refractivity contribution in [2.24, 2.45) is 0 Å². The van der Waals surface area contributed by atoms with Crippen LogP contribution in [0, 0.1) is 11.3 Å². The Labute approximate surface area is 102 Å². The largest absolute Gasteiger partial charge is 0.358 e. The highest BCUT2D eigenvalue weighted by molar-refractivity contribution is 5.78. The summed E-state index contributed by atoms with van der Waals surface area (Å²) < 4.78 is 0. The number of nitrogens with zero attached hydrogens (tertiary/aromatic N) is 3. The first-order chi connectivity index (χ1) is 8.01. The Morgan fingerprint density at radius 1 is 1.29 bits per heavy atom. The van der Waals surface area contributed by atoms with Gasteiger partial charge in [-0.15, -0.1) is 0 Å². The van der Waals surface area contributed by atoms with Crippen molar-refractivity contribution >= 4 is 11.8 Å². The van der Waals surface area contributed by atoms with Gasteiger partial charge < -0.3 is 10.2 Å². The lowest BCUT2D eigenvalue weighted by Crippen LogP contribution is -2.36. The molecule has 1 N–H and O–H groups in total. The molecule has 6 heteroatoms. The molecule has 0 aromatic carbocycles. The van der Waals surface area contributed by atoms with Crippen molar-refractivity contribution in [2.45, 2.75) is 12.8 Å². The minimum absolute atomic E-state index is 0.0102. The van der Waals surface area contributed by atoms with Crippen LogP contribution in [0.4, 0.5) is 0 Å². The molecule has 0 saturated carbocycles. The predicted molar refractivity (Wildman–Crippen MR) is 64.0 cm³/mol. The van der Waals surface area contributed by atoms with Crippen LogP contribution in [0.3, 0.4) is 0 Å². The molecule has 0 unspecified atom stereocenters. The van der Waals surface area contributed by atoms with Crippen LogP contribution in [0.2, 0.25) is 0 Å². The second kappa shape index (κ2) is 8.53. The normalized spacial score (nSPS) is 9.82. The number of carbonyl (C=O) groups is 2. The van der Waals surface area contributed by atoms with Gasteiger partial charge in [0, 0.05) is 33.6 Å². The van der Waals surface area contributed by atoms with Crippen LogP contribution < -0.4 is 5.32 Å². The van der Waals surface area contributed by atoms with Crippen LogP contribution in [0.1, 0.15) is 12.8 Å². The van der Waals surface area contributed by atoms with E-state index < -0.39 is 0 Å². The van der Waals surface area contributed by atoms with Crippen molar-refractivity contribution < 1.29 is 9.59 Å². The fourth-order valence-corrected chi connectivity index (χ4v) is 1.22. The SMILES string of the molecule is CNC(=O)CN(C)CCC(=O)N(C)CCC#N. The summed E-state index contributed by atoms with van der Waals surface area (Å²) in [6.07, 6.45) is 0.700. The molecule has 0 aromatic heterocycles. The van der Waals surface area contributed by atoms with Gasteiger partial charge in [0.15, 0.2) is 0 Å². The first-order valence-electron chi connectivity index (χ1n) is 5.51. The summed E-state index contributed by atoms with van der Waals surface area (Å²) >= 11 is 0. The molecule has 0 aromatic rings. The molecule has 0 bridgehead atoms. The number of likely N-dealkylation sites (N-methyl/N-ethyl adjacent to an activating group) is 2. The van der Waals surface area contributed by atoms with Crippen molar-refractivity contribution in [2.75, 3.05) is 40.8 Å². The van der Waals surface area contributed by atoms with Gasteiger partial charge in [-0.05, 0) is 7.05 Å². The standard InChI is InChI=1S/C11H20N4O2/c1-13-10(16)9-14(2)8-5-11(17)15(3)7-4-6-12/h4-5,7-9H2,1-3H3,(H,13,16). The van der Waals surface area contributed by atoms with Gasteiger partial charge in [-0.25, -0.2) is 0 Å². The third-order valence-corrected chi connectivity index (χ3v) is 2.38. The van der Waals surface area contributed by atoms with Crippen molar-refractivity contribution in [1.82, 2.24) is 15.1 Å². The van der Waals surface area contributed by atoms with E-state index in [1.807, 2.05) is 6.07 Å². The molecule has 17 heavy (non-hydrogen) atoms. The van der Waals surface area contributed by atoms with Gasteiger partial charge in [0.25, 0.3) is 0 Å². The zero-order valence-electron chi connectivity index (χ0n) is 10.7. The lowest BCUT2D eigenvalue weighted by Gasteiger charge is -2.19. The van der Waals surface area contributed by atoms with Crippen LogP contribution >= 0.6 is 0 Å². The summed E-state index contributed by atoms with van der Waals surface area (Å²) in [5.41, 5.74) is 0. The number of rotatable bonds is 7. The average Bonchev–Trinajstić information content (AvgIpc) is 2.32. The van der Waals surface area contributed by atoms with Gasteiger partial charge in [0.1, 0.15) is 0 Å². The lowest BCUT2D eigenvalue weighted by atomic mass is 10.3. The Morgan fingerprint density at radius 3 is 2.47 bits per heavy atom. The zero-order valence-corrected chi connectivity index (χ0v) is 10.7. The summed E-state index contributed by atoms with van der Waals surface area (Å²) in [6.45, 7) is 1.27. The summed E-state index contributed by atoms with van der Waals surface area (Å²) in [4.78, 5) is 26.0. The molecule has 2 amide bonds. The number of carbonyl (C=O) groups excluding carboxylic acids is 2. The summed E-state index contributed by atoms with van der Waals surface area (Å²) in [5, 5.41) is 10.9. The molecule has 0 rings (SSSR count). The molecule has 0 aliphatic rings. The minimum atomic E-state index is -0.0715. The second-order valence-corrected chi connectivity index (χ2v) is 3.88. The first-order valence-corrected chi connectivity index (χ1v) is 5.51. The van der Waals surface area contributed by atoms with E-state index in [9.17, 15) is 9.59 Å². The van der Waals surface area contributed by atoms with Crippen LogP contribution in [-0.2, 0) is 9.59 Å². The number of nitrogens with one attached hydrogen (secondary N) is 1. The Kier molecular flexibility index (Phi) is 7.72. The smallest absolute Gasteiger partial charge is 0.233 e. The van der Waals surface area contributed by atoms with Crippen LogP contribution in [0.15, 0.2) is 0 Å². The van der Waals surface area contributed by atoms with Gasteiger partial charge in [0.2, 0.25) is 11.8 Å². The number of hydrogen-bond donors (Lipinski definition) is 1. The maximum atomic E-state index is 11.6. The molecule has 0 atom stereocenters. The molecule has 96 valence electrons. The van der Waals surface area contributed by atoms with Crippen LogP contribution in [0.5, 0.6) is 0 Å². The maximum Gasteiger partial charge on any atom is 0.233 e. The molecule has 0 heterocycles. The fraction of sp³-hybridized carbons (Fsp3) is 0.727. The van der Waals surface area contributed by atoms with Gasteiger partial charge in [-0.3, -0.25) is 14.5 Å². The predicted octanol–water partition coefficient (Wildman–Crippen LogP) is -0.574. The summed E-state index contributed by atoms with van der Waals surface area (Å²) in [5.74, 6) is -0.0817. The first kappa shape index (κ1) is 15.4. The van der Waals surface area contributed by atoms with Crippen LogP contribution in [-0.4, -0.2) is 62.4 Å². The van der Waals surface area contributed by atoms with E-state index in [0.29, 0.717) is 25.9 Å². The van der Waals surface area contributed by atoms with E-state index in [-0.39, 0.29) is 18.4 Å². The van der Waals surface area contributed by atoms with Gasteiger partial charge in [0.05, 0.1) is 19.0 Å². The Hall–Kier alpha value is -1.61. The van der Waals surface area contributed by atoms with Gasteiger partial charge in [-0.1, -0.05) is 0 Å². The molecule has 0 spiro atoms. The average molecular weight is 240 g/mol. The topological polar surface area (TPSA) is 76.4 Å².